The molecule has 19 heavy (non-hydrogen) atoms. The minimum atomic E-state index is 0.176. The number of anilines is 1. The summed E-state index contributed by atoms with van der Waals surface area (Å²) in [5, 5.41) is 10.3. The van der Waals surface area contributed by atoms with Gasteiger partial charge in [-0.3, -0.25) is 0 Å². The first kappa shape index (κ1) is 11.5. The second-order valence-electron chi connectivity index (χ2n) is 4.30. The monoisotopic (exact) mass is 255 g/mol. The summed E-state index contributed by atoms with van der Waals surface area (Å²) in [6.07, 6.45) is 0. The Labute approximate surface area is 110 Å². The zero-order valence-corrected chi connectivity index (χ0v) is 10.2. The molecular formula is C15H13NO3. The highest BCUT2D eigenvalue weighted by atomic mass is 16.5. The number of phenols is 1. The van der Waals surface area contributed by atoms with Gasteiger partial charge in [-0.1, -0.05) is 6.07 Å². The predicted octanol–water partition coefficient (Wildman–Crippen LogP) is 3.30. The van der Waals surface area contributed by atoms with Crippen molar-refractivity contribution in [3.63, 3.8) is 0 Å². The molecule has 2 aromatic carbocycles. The number of ether oxygens (including phenoxy) is 1. The summed E-state index contributed by atoms with van der Waals surface area (Å²) >= 11 is 0. The maximum absolute atomic E-state index is 9.34. The smallest absolute Gasteiger partial charge is 0.146 e. The molecule has 0 saturated heterocycles. The molecule has 0 fully saturated rings. The standard InChI is InChI=1S/C15H13NO3/c16-11-4-5-15-10(6-11)7-14(19-15)9-18-13-3-1-2-12(17)8-13/h1-8,17H,9,16H2. The average molecular weight is 255 g/mol. The fraction of sp³-hybridized carbons (Fsp3) is 0.0667. The van der Waals surface area contributed by atoms with Crippen LogP contribution in [0.2, 0.25) is 0 Å². The second-order valence-corrected chi connectivity index (χ2v) is 4.30. The lowest BCUT2D eigenvalue weighted by Crippen LogP contribution is -1.92. The van der Waals surface area contributed by atoms with Gasteiger partial charge in [0.2, 0.25) is 0 Å². The van der Waals surface area contributed by atoms with Gasteiger partial charge in [-0.05, 0) is 36.4 Å². The third-order valence-corrected chi connectivity index (χ3v) is 2.79. The van der Waals surface area contributed by atoms with Gasteiger partial charge in [-0.25, -0.2) is 0 Å². The van der Waals surface area contributed by atoms with E-state index in [-0.39, 0.29) is 5.75 Å². The van der Waals surface area contributed by atoms with Crippen molar-refractivity contribution in [3.05, 3.63) is 54.3 Å². The van der Waals surface area contributed by atoms with E-state index in [0.717, 1.165) is 11.0 Å². The summed E-state index contributed by atoms with van der Waals surface area (Å²) in [4.78, 5) is 0. The molecule has 0 aliphatic heterocycles. The molecule has 4 nitrogen and oxygen atoms in total. The lowest BCUT2D eigenvalue weighted by molar-refractivity contribution is 0.273. The van der Waals surface area contributed by atoms with Gasteiger partial charge >= 0.3 is 0 Å². The van der Waals surface area contributed by atoms with E-state index in [4.69, 9.17) is 14.9 Å². The Balaban J connectivity index is 1.78. The number of nitrogens with two attached hydrogens (primary N) is 1. The van der Waals surface area contributed by atoms with Gasteiger partial charge in [0, 0.05) is 17.1 Å². The molecule has 0 saturated carbocycles. The topological polar surface area (TPSA) is 68.6 Å². The summed E-state index contributed by atoms with van der Waals surface area (Å²) in [5.41, 5.74) is 7.20. The maximum Gasteiger partial charge on any atom is 0.146 e. The van der Waals surface area contributed by atoms with E-state index >= 15 is 0 Å². The third kappa shape index (κ3) is 2.47. The number of hydrogen-bond acceptors (Lipinski definition) is 4. The Morgan fingerprint density at radius 3 is 2.84 bits per heavy atom. The van der Waals surface area contributed by atoms with Crippen LogP contribution in [0.1, 0.15) is 5.76 Å². The molecule has 0 amide bonds. The average Bonchev–Trinajstić information content (AvgIpc) is 2.78. The molecular weight excluding hydrogens is 242 g/mol. The first-order valence-electron chi connectivity index (χ1n) is 5.90. The highest BCUT2D eigenvalue weighted by Gasteiger charge is 2.05. The molecule has 4 heteroatoms. The van der Waals surface area contributed by atoms with E-state index in [1.807, 2.05) is 18.2 Å². The van der Waals surface area contributed by atoms with Crippen molar-refractivity contribution in [1.29, 1.82) is 0 Å². The first-order chi connectivity index (χ1) is 9.20. The van der Waals surface area contributed by atoms with Gasteiger partial charge in [0.15, 0.2) is 0 Å². The SMILES string of the molecule is Nc1ccc2oc(COc3cccc(O)c3)cc2c1. The van der Waals surface area contributed by atoms with Gasteiger partial charge in [0.25, 0.3) is 0 Å². The van der Waals surface area contributed by atoms with E-state index in [9.17, 15) is 5.11 Å². The van der Waals surface area contributed by atoms with Crippen molar-refractivity contribution in [3.8, 4) is 11.5 Å². The number of fused-ring (bicyclic) bond motifs is 1. The van der Waals surface area contributed by atoms with Crippen molar-refractivity contribution in [2.75, 3.05) is 5.73 Å². The second kappa shape index (κ2) is 4.57. The van der Waals surface area contributed by atoms with Crippen LogP contribution in [0.3, 0.4) is 0 Å². The molecule has 3 rings (SSSR count). The van der Waals surface area contributed by atoms with Crippen LogP contribution < -0.4 is 10.5 Å². The molecule has 3 N–H and O–H groups in total. The minimum Gasteiger partial charge on any atom is -0.508 e. The molecule has 1 aromatic heterocycles. The fourth-order valence-corrected chi connectivity index (χ4v) is 1.92. The Morgan fingerprint density at radius 2 is 2.00 bits per heavy atom. The molecule has 0 unspecified atom stereocenters. The van der Waals surface area contributed by atoms with Crippen LogP contribution in [-0.4, -0.2) is 5.11 Å². The van der Waals surface area contributed by atoms with Crippen LogP contribution in [0.25, 0.3) is 11.0 Å². The first-order valence-corrected chi connectivity index (χ1v) is 5.90. The van der Waals surface area contributed by atoms with E-state index in [0.29, 0.717) is 23.8 Å². The van der Waals surface area contributed by atoms with E-state index in [1.165, 1.54) is 0 Å². The number of aromatic hydroxyl groups is 1. The predicted molar refractivity (Wildman–Crippen MR) is 73.1 cm³/mol. The molecule has 0 bridgehead atoms. The summed E-state index contributed by atoms with van der Waals surface area (Å²) in [5.74, 6) is 1.48. The summed E-state index contributed by atoms with van der Waals surface area (Å²) in [7, 11) is 0. The number of rotatable bonds is 3. The molecule has 96 valence electrons. The van der Waals surface area contributed by atoms with Crippen molar-refractivity contribution < 1.29 is 14.3 Å². The zero-order chi connectivity index (χ0) is 13.2. The van der Waals surface area contributed by atoms with Crippen LogP contribution in [0.15, 0.2) is 52.9 Å². The van der Waals surface area contributed by atoms with Gasteiger partial charge in [-0.2, -0.15) is 0 Å². The van der Waals surface area contributed by atoms with Crippen LogP contribution >= 0.6 is 0 Å². The Bertz CT molecular complexity index is 718. The molecule has 0 aliphatic carbocycles. The lowest BCUT2D eigenvalue weighted by Gasteiger charge is -2.03. The maximum atomic E-state index is 9.34. The molecule has 0 atom stereocenters. The number of benzene rings is 2. The summed E-state index contributed by atoms with van der Waals surface area (Å²) < 4.78 is 11.2. The summed E-state index contributed by atoms with van der Waals surface area (Å²) in [6, 6.07) is 14.0. The number of nitrogen functional groups attached to an aromatic ring is 1. The highest BCUT2D eigenvalue weighted by Crippen LogP contribution is 2.24. The molecule has 1 heterocycles. The molecule has 0 spiro atoms. The van der Waals surface area contributed by atoms with E-state index < -0.39 is 0 Å². The van der Waals surface area contributed by atoms with Gasteiger partial charge < -0.3 is 20.0 Å². The van der Waals surface area contributed by atoms with E-state index in [2.05, 4.69) is 0 Å². The summed E-state index contributed by atoms with van der Waals surface area (Å²) in [6.45, 7) is 0.304. The normalized spacial score (nSPS) is 10.7. The van der Waals surface area contributed by atoms with Crippen molar-refractivity contribution in [1.82, 2.24) is 0 Å². The molecule has 0 radical (unpaired) electrons. The van der Waals surface area contributed by atoms with Gasteiger partial charge in [-0.15, -0.1) is 0 Å². The van der Waals surface area contributed by atoms with Crippen molar-refractivity contribution >= 4 is 16.7 Å². The number of phenolic OH excluding ortho intramolecular Hbond substituents is 1. The highest BCUT2D eigenvalue weighted by molar-refractivity contribution is 5.81. The Hall–Kier alpha value is -2.62. The third-order valence-electron chi connectivity index (χ3n) is 2.79. The Kier molecular flexibility index (Phi) is 2.76. The quantitative estimate of drug-likeness (QED) is 0.704. The zero-order valence-electron chi connectivity index (χ0n) is 10.2. The lowest BCUT2D eigenvalue weighted by atomic mass is 10.2. The van der Waals surface area contributed by atoms with Gasteiger partial charge in [0.1, 0.15) is 29.4 Å². The van der Waals surface area contributed by atoms with Crippen LogP contribution in [0.5, 0.6) is 11.5 Å². The van der Waals surface area contributed by atoms with Crippen molar-refractivity contribution in [2.45, 2.75) is 6.61 Å². The van der Waals surface area contributed by atoms with Crippen LogP contribution in [-0.2, 0) is 6.61 Å². The largest absolute Gasteiger partial charge is 0.508 e. The minimum absolute atomic E-state index is 0.176. The molecule has 3 aromatic rings. The van der Waals surface area contributed by atoms with Crippen molar-refractivity contribution in [2.24, 2.45) is 0 Å². The van der Waals surface area contributed by atoms with E-state index in [1.54, 1.807) is 30.3 Å². The van der Waals surface area contributed by atoms with Gasteiger partial charge in [0.05, 0.1) is 0 Å². The molecule has 0 aliphatic rings. The number of furan rings is 1. The number of hydrogen-bond donors (Lipinski definition) is 2. The fourth-order valence-electron chi connectivity index (χ4n) is 1.92. The van der Waals surface area contributed by atoms with Crippen LogP contribution in [0, 0.1) is 0 Å². The van der Waals surface area contributed by atoms with Crippen LogP contribution in [0.4, 0.5) is 5.69 Å². The Morgan fingerprint density at radius 1 is 1.11 bits per heavy atom.